The van der Waals surface area contributed by atoms with Crippen LogP contribution in [0.2, 0.25) is 0 Å². The van der Waals surface area contributed by atoms with Crippen LogP contribution in [0.15, 0.2) is 35.2 Å². The van der Waals surface area contributed by atoms with E-state index in [-0.39, 0.29) is 0 Å². The van der Waals surface area contributed by atoms with Crippen molar-refractivity contribution in [3.8, 4) is 0 Å². The van der Waals surface area contributed by atoms with E-state index < -0.39 is 0 Å². The lowest BCUT2D eigenvalue weighted by molar-refractivity contribution is 0.896. The Bertz CT molecular complexity index is 439. The molecule has 16 heavy (non-hydrogen) atoms. The predicted octanol–water partition coefficient (Wildman–Crippen LogP) is 2.24. The number of aromatic nitrogens is 1. The van der Waals surface area contributed by atoms with Gasteiger partial charge in [0, 0.05) is 26.3 Å². The van der Waals surface area contributed by atoms with Crippen LogP contribution in [0.1, 0.15) is 11.1 Å². The van der Waals surface area contributed by atoms with Crippen molar-refractivity contribution in [1.82, 2.24) is 4.98 Å². The maximum atomic E-state index is 5.61. The molecule has 0 bridgehead atoms. The number of hydrogen-bond acceptors (Lipinski definition) is 4. The fraction of sp³-hybridized carbons (Fsp3) is 0.250. The topological polar surface area (TPSA) is 42.1 Å². The average molecular weight is 233 g/mol. The summed E-state index contributed by atoms with van der Waals surface area (Å²) in [6.07, 6.45) is 1.81. The molecular formula is C12H15N3S. The molecular weight excluding hydrogens is 218 g/mol. The number of hydrogen-bond donors (Lipinski definition) is 1. The third kappa shape index (κ3) is 2.59. The lowest BCUT2D eigenvalue weighted by atomic mass is 10.2. The molecule has 2 aromatic heterocycles. The number of anilines is 1. The van der Waals surface area contributed by atoms with Gasteiger partial charge in [-0.1, -0.05) is 0 Å². The summed E-state index contributed by atoms with van der Waals surface area (Å²) < 4.78 is 0. The molecule has 0 fully saturated rings. The Balaban J connectivity index is 2.11. The first kappa shape index (κ1) is 11.1. The van der Waals surface area contributed by atoms with E-state index in [1.807, 2.05) is 25.4 Å². The van der Waals surface area contributed by atoms with Gasteiger partial charge in [-0.15, -0.1) is 0 Å². The largest absolute Gasteiger partial charge is 0.355 e. The van der Waals surface area contributed by atoms with Gasteiger partial charge in [-0.25, -0.2) is 4.98 Å². The number of pyridine rings is 1. The monoisotopic (exact) mass is 233 g/mol. The van der Waals surface area contributed by atoms with E-state index in [0.717, 1.165) is 17.9 Å². The zero-order valence-corrected chi connectivity index (χ0v) is 10.1. The van der Waals surface area contributed by atoms with E-state index in [4.69, 9.17) is 5.73 Å². The van der Waals surface area contributed by atoms with Gasteiger partial charge in [-0.3, -0.25) is 0 Å². The van der Waals surface area contributed by atoms with E-state index in [9.17, 15) is 0 Å². The van der Waals surface area contributed by atoms with E-state index in [2.05, 4.69) is 26.7 Å². The Morgan fingerprint density at radius 1 is 1.38 bits per heavy atom. The Labute approximate surface area is 99.5 Å². The zero-order valence-electron chi connectivity index (χ0n) is 9.26. The molecule has 0 aliphatic heterocycles. The van der Waals surface area contributed by atoms with Crippen LogP contribution in [0.3, 0.4) is 0 Å². The highest BCUT2D eigenvalue weighted by atomic mass is 32.1. The molecule has 0 saturated carbocycles. The van der Waals surface area contributed by atoms with Crippen LogP contribution in [0, 0.1) is 0 Å². The highest BCUT2D eigenvalue weighted by Gasteiger charge is 2.04. The van der Waals surface area contributed by atoms with Crippen LogP contribution in [0.25, 0.3) is 0 Å². The number of rotatable bonds is 4. The Morgan fingerprint density at radius 2 is 2.25 bits per heavy atom. The Hall–Kier alpha value is -1.39. The highest BCUT2D eigenvalue weighted by molar-refractivity contribution is 7.07. The lowest BCUT2D eigenvalue weighted by Crippen LogP contribution is -2.17. The number of nitrogens with two attached hydrogens (primary N) is 1. The second kappa shape index (κ2) is 5.09. The summed E-state index contributed by atoms with van der Waals surface area (Å²) in [5, 5.41) is 4.25. The molecule has 0 radical (unpaired) electrons. The third-order valence-corrected chi connectivity index (χ3v) is 3.17. The van der Waals surface area contributed by atoms with Crippen LogP contribution in [-0.4, -0.2) is 12.0 Å². The van der Waals surface area contributed by atoms with Crippen LogP contribution in [-0.2, 0) is 13.1 Å². The van der Waals surface area contributed by atoms with Crippen molar-refractivity contribution in [1.29, 1.82) is 0 Å². The van der Waals surface area contributed by atoms with E-state index in [1.165, 1.54) is 5.56 Å². The quantitative estimate of drug-likeness (QED) is 0.880. The summed E-state index contributed by atoms with van der Waals surface area (Å²) >= 11 is 1.72. The van der Waals surface area contributed by atoms with Crippen LogP contribution in [0.5, 0.6) is 0 Å². The van der Waals surface area contributed by atoms with Gasteiger partial charge in [0.2, 0.25) is 0 Å². The smallest absolute Gasteiger partial charge is 0.128 e. The van der Waals surface area contributed by atoms with Gasteiger partial charge < -0.3 is 10.6 Å². The summed E-state index contributed by atoms with van der Waals surface area (Å²) in [6, 6.07) is 6.11. The standard InChI is InChI=1S/C12H15N3S/c1-15(8-11-3-5-16-9-11)12-6-10(7-13)2-4-14-12/h2-6,9H,7-8,13H2,1H3. The molecule has 84 valence electrons. The zero-order chi connectivity index (χ0) is 11.4. The van der Waals surface area contributed by atoms with Crippen molar-refractivity contribution in [3.05, 3.63) is 46.3 Å². The van der Waals surface area contributed by atoms with Gasteiger partial charge >= 0.3 is 0 Å². The van der Waals surface area contributed by atoms with E-state index in [0.29, 0.717) is 6.54 Å². The molecule has 0 aromatic carbocycles. The average Bonchev–Trinajstić information content (AvgIpc) is 2.82. The maximum Gasteiger partial charge on any atom is 0.128 e. The molecule has 0 amide bonds. The molecule has 0 unspecified atom stereocenters. The van der Waals surface area contributed by atoms with Gasteiger partial charge in [0.1, 0.15) is 5.82 Å². The molecule has 0 saturated heterocycles. The van der Waals surface area contributed by atoms with Gasteiger partial charge in [0.25, 0.3) is 0 Å². The first-order chi connectivity index (χ1) is 7.79. The molecule has 4 heteroatoms. The molecule has 0 spiro atoms. The molecule has 0 aliphatic rings. The highest BCUT2D eigenvalue weighted by Crippen LogP contribution is 2.15. The summed E-state index contributed by atoms with van der Waals surface area (Å²) in [7, 11) is 2.04. The number of nitrogens with zero attached hydrogens (tertiary/aromatic N) is 2. The minimum Gasteiger partial charge on any atom is -0.355 e. The van der Waals surface area contributed by atoms with Gasteiger partial charge in [-0.05, 0) is 40.1 Å². The first-order valence-electron chi connectivity index (χ1n) is 5.17. The fourth-order valence-electron chi connectivity index (χ4n) is 1.53. The molecule has 2 heterocycles. The second-order valence-corrected chi connectivity index (χ2v) is 4.49. The number of thiophene rings is 1. The second-order valence-electron chi connectivity index (χ2n) is 3.71. The minimum absolute atomic E-state index is 0.557. The van der Waals surface area contributed by atoms with Gasteiger partial charge in [0.15, 0.2) is 0 Å². The molecule has 2 N–H and O–H groups in total. The van der Waals surface area contributed by atoms with Crippen LogP contribution < -0.4 is 10.6 Å². The molecule has 2 rings (SSSR count). The van der Waals surface area contributed by atoms with Crippen molar-refractivity contribution < 1.29 is 0 Å². The van der Waals surface area contributed by atoms with Gasteiger partial charge in [0.05, 0.1) is 0 Å². The van der Waals surface area contributed by atoms with Gasteiger partial charge in [-0.2, -0.15) is 11.3 Å². The fourth-order valence-corrected chi connectivity index (χ4v) is 2.19. The molecule has 2 aromatic rings. The van der Waals surface area contributed by atoms with Crippen molar-refractivity contribution in [2.45, 2.75) is 13.1 Å². The third-order valence-electron chi connectivity index (χ3n) is 2.44. The molecule has 3 nitrogen and oxygen atoms in total. The predicted molar refractivity (Wildman–Crippen MR) is 68.6 cm³/mol. The van der Waals surface area contributed by atoms with Crippen LogP contribution in [0.4, 0.5) is 5.82 Å². The first-order valence-corrected chi connectivity index (χ1v) is 6.11. The molecule has 0 atom stereocenters. The lowest BCUT2D eigenvalue weighted by Gasteiger charge is -2.17. The summed E-state index contributed by atoms with van der Waals surface area (Å²) in [6.45, 7) is 1.44. The summed E-state index contributed by atoms with van der Waals surface area (Å²) in [5.41, 5.74) is 8.04. The van der Waals surface area contributed by atoms with Crippen molar-refractivity contribution >= 4 is 17.2 Å². The Morgan fingerprint density at radius 3 is 2.94 bits per heavy atom. The van der Waals surface area contributed by atoms with Crippen molar-refractivity contribution in [2.75, 3.05) is 11.9 Å². The van der Waals surface area contributed by atoms with E-state index >= 15 is 0 Å². The Kier molecular flexibility index (Phi) is 3.54. The normalized spacial score (nSPS) is 10.4. The SMILES string of the molecule is CN(Cc1ccsc1)c1cc(CN)ccn1. The van der Waals surface area contributed by atoms with Crippen molar-refractivity contribution in [3.63, 3.8) is 0 Å². The van der Waals surface area contributed by atoms with Crippen molar-refractivity contribution in [2.24, 2.45) is 5.73 Å². The minimum atomic E-state index is 0.557. The molecule has 0 aliphatic carbocycles. The van der Waals surface area contributed by atoms with Crippen LogP contribution >= 0.6 is 11.3 Å². The summed E-state index contributed by atoms with van der Waals surface area (Å²) in [5.74, 6) is 0.967. The summed E-state index contributed by atoms with van der Waals surface area (Å²) in [4.78, 5) is 6.47. The maximum absolute atomic E-state index is 5.61. The van der Waals surface area contributed by atoms with E-state index in [1.54, 1.807) is 11.3 Å².